The molecule has 52 heavy (non-hydrogen) atoms. The molecule has 8 fully saturated rings. The quantitative estimate of drug-likeness (QED) is 0.335. The van der Waals surface area contributed by atoms with Crippen molar-refractivity contribution in [3.8, 4) is 0 Å². The number of fused-ring (bicyclic) bond motifs is 11. The van der Waals surface area contributed by atoms with E-state index in [1.807, 2.05) is 62.4 Å². The predicted octanol–water partition coefficient (Wildman–Crippen LogP) is 2.47. The van der Waals surface area contributed by atoms with Gasteiger partial charge in [-0.05, 0) is 57.7 Å². The lowest BCUT2D eigenvalue weighted by atomic mass is 9.52. The molecule has 10 heterocycles. The second-order valence-corrected chi connectivity index (χ2v) is 19.7. The van der Waals surface area contributed by atoms with E-state index in [-0.39, 0.29) is 11.8 Å². The van der Waals surface area contributed by atoms with Gasteiger partial charge < -0.3 is 35.6 Å². The van der Waals surface area contributed by atoms with Crippen molar-refractivity contribution < 1.29 is 33.8 Å². The third-order valence-electron chi connectivity index (χ3n) is 13.1. The summed E-state index contributed by atoms with van der Waals surface area (Å²) in [5.74, 6) is -1.51. The van der Waals surface area contributed by atoms with Gasteiger partial charge >= 0.3 is 6.09 Å². The molecule has 2 spiro atoms. The number of nitrogens with zero attached hydrogens (tertiary/aromatic N) is 4. The van der Waals surface area contributed by atoms with Gasteiger partial charge in [0, 0.05) is 32.5 Å². The van der Waals surface area contributed by atoms with Crippen molar-refractivity contribution in [2.75, 3.05) is 31.8 Å². The molecule has 0 aliphatic carbocycles. The first kappa shape index (κ1) is 33.1. The lowest BCUT2D eigenvalue weighted by Crippen LogP contribution is -2.78. The van der Waals surface area contributed by atoms with Crippen LogP contribution in [0, 0.1) is 0 Å². The highest BCUT2D eigenvalue weighted by molar-refractivity contribution is 8.78. The molecule has 10 aliphatic rings. The number of aliphatic hydroxyl groups excluding tert-OH is 1. The zero-order valence-corrected chi connectivity index (χ0v) is 31.9. The number of para-hydroxylation sites is 2. The van der Waals surface area contributed by atoms with E-state index in [0.29, 0.717) is 35.3 Å². The molecule has 5 amide bonds. The smallest absolute Gasteiger partial charge is 0.407 e. The van der Waals surface area contributed by atoms with E-state index in [9.17, 15) is 14.7 Å². The van der Waals surface area contributed by atoms with Crippen LogP contribution in [0.25, 0.3) is 0 Å². The molecule has 0 saturated carbocycles. The van der Waals surface area contributed by atoms with E-state index < -0.39 is 72.8 Å². The number of amides is 5. The Morgan fingerprint density at radius 2 is 1.21 bits per heavy atom. The number of carbonyl (C=O) groups excluding carboxylic acids is 5. The average molecular weight is 782 g/mol. The number of piperazine rings is 2. The van der Waals surface area contributed by atoms with Gasteiger partial charge in [-0.1, -0.05) is 71.8 Å². The largest absolute Gasteiger partial charge is 0.441 e. The summed E-state index contributed by atoms with van der Waals surface area (Å²) in [5, 5.41) is 23.4. The predicted molar refractivity (Wildman–Crippen MR) is 197 cm³/mol. The van der Waals surface area contributed by atoms with Gasteiger partial charge in [-0.2, -0.15) is 0 Å². The zero-order valence-electron chi connectivity index (χ0n) is 28.7. The van der Waals surface area contributed by atoms with Gasteiger partial charge in [0.15, 0.2) is 15.8 Å². The molecule has 8 saturated heterocycles. The Bertz CT molecular complexity index is 2080. The van der Waals surface area contributed by atoms with E-state index in [1.54, 1.807) is 19.0 Å². The number of benzene rings is 2. The topological polar surface area (TPSA) is 164 Å². The molecular formula is C34H35N7O7S4. The number of rotatable bonds is 4. The maximum absolute atomic E-state index is 15.2. The fourth-order valence-electron chi connectivity index (χ4n) is 10.8. The number of aliphatic hydroxyl groups is 1. The third-order valence-corrected chi connectivity index (χ3v) is 20.7. The van der Waals surface area contributed by atoms with Gasteiger partial charge in [-0.15, -0.1) is 0 Å². The van der Waals surface area contributed by atoms with Gasteiger partial charge in [0.25, 0.3) is 23.6 Å². The first-order chi connectivity index (χ1) is 24.9. The maximum Gasteiger partial charge on any atom is 0.407 e. The molecule has 12 rings (SSSR count). The van der Waals surface area contributed by atoms with E-state index in [1.165, 1.54) is 64.9 Å². The van der Waals surface area contributed by atoms with E-state index in [4.69, 9.17) is 4.74 Å². The lowest BCUT2D eigenvalue weighted by molar-refractivity contribution is -0.167. The van der Waals surface area contributed by atoms with Gasteiger partial charge in [-0.3, -0.25) is 29.0 Å². The standard InChI is InChI=1S/C34H35N7O7S4/c1-6-29-24(43)40-22-31(16-12-8-10-14-18(16)36-22,20(42)33(40,51-49-29)26(45)38(29)4)32-17-13-9-11-15-19(17)37-23(32)41-25(44)30(7-2)39(5)27(46)34(41,52-50-30)21(32)48-28(47)35-3/h8-15,20-23,36-37,42H,6-7H2,1-5H3,(H,35,47)/t20-,21-,22+,23+,29-,30-,31+,32+,33-,34-/m0/s1. The molecule has 0 unspecified atom stereocenters. The second-order valence-electron chi connectivity index (χ2n) is 14.4. The monoisotopic (exact) mass is 781 g/mol. The fourth-order valence-corrected chi connectivity index (χ4v) is 18.7. The number of nitrogens with one attached hydrogen (secondary N) is 3. The first-order valence-corrected chi connectivity index (χ1v) is 21.5. The molecular weight excluding hydrogens is 747 g/mol. The van der Waals surface area contributed by atoms with Crippen LogP contribution in [0.1, 0.15) is 37.8 Å². The minimum Gasteiger partial charge on any atom is -0.441 e. The molecule has 4 N–H and O–H groups in total. The van der Waals surface area contributed by atoms with Crippen molar-refractivity contribution in [2.24, 2.45) is 0 Å². The fraction of sp³-hybridized carbons (Fsp3) is 0.500. The summed E-state index contributed by atoms with van der Waals surface area (Å²) in [6, 6.07) is 14.8. The molecule has 2 aromatic carbocycles. The highest BCUT2D eigenvalue weighted by atomic mass is 33.1. The van der Waals surface area contributed by atoms with Crippen molar-refractivity contribution in [3.05, 3.63) is 59.7 Å². The van der Waals surface area contributed by atoms with E-state index in [2.05, 4.69) is 16.0 Å². The van der Waals surface area contributed by atoms with Gasteiger partial charge in [0.2, 0.25) is 9.74 Å². The Balaban J connectivity index is 1.37. The molecule has 14 nitrogen and oxygen atoms in total. The number of likely N-dealkylation sites (N-methyl/N-ethyl adjacent to an activating group) is 2. The van der Waals surface area contributed by atoms with Gasteiger partial charge in [0.1, 0.15) is 18.4 Å². The third kappa shape index (κ3) is 2.93. The number of carbonyl (C=O) groups is 5. The van der Waals surface area contributed by atoms with Crippen molar-refractivity contribution in [1.82, 2.24) is 24.9 Å². The van der Waals surface area contributed by atoms with Crippen LogP contribution in [0.15, 0.2) is 48.5 Å². The Hall–Kier alpha value is -3.45. The van der Waals surface area contributed by atoms with Crippen LogP contribution >= 0.6 is 43.2 Å². The van der Waals surface area contributed by atoms with Crippen LogP contribution in [0.5, 0.6) is 0 Å². The molecule has 272 valence electrons. The van der Waals surface area contributed by atoms with Crippen LogP contribution < -0.4 is 16.0 Å². The Kier molecular flexibility index (Phi) is 6.37. The number of anilines is 2. The Labute approximate surface area is 314 Å². The molecule has 2 aromatic rings. The minimum absolute atomic E-state index is 0.311. The molecule has 10 atom stereocenters. The number of alkyl carbamates (subject to hydrolysis) is 1. The molecule has 0 radical (unpaired) electrons. The maximum atomic E-state index is 15.2. The van der Waals surface area contributed by atoms with Crippen molar-refractivity contribution in [3.63, 3.8) is 0 Å². The number of ether oxygens (including phenoxy) is 1. The summed E-state index contributed by atoms with van der Waals surface area (Å²) < 4.78 is 6.57. The summed E-state index contributed by atoms with van der Waals surface area (Å²) in [4.78, 5) is 74.1. The minimum atomic E-state index is -1.82. The molecule has 18 heteroatoms. The summed E-state index contributed by atoms with van der Waals surface area (Å²) in [6.07, 6.45) is -5.46. The number of hydrogen-bond acceptors (Lipinski definition) is 13. The van der Waals surface area contributed by atoms with Gasteiger partial charge in [0.05, 0.1) is 10.8 Å². The van der Waals surface area contributed by atoms with Crippen LogP contribution in [-0.2, 0) is 34.7 Å². The Morgan fingerprint density at radius 3 is 1.75 bits per heavy atom. The summed E-state index contributed by atoms with van der Waals surface area (Å²) in [7, 11) is 9.54. The van der Waals surface area contributed by atoms with Crippen molar-refractivity contribution in [2.45, 2.75) is 81.5 Å². The lowest BCUT2D eigenvalue weighted by Gasteiger charge is -2.59. The van der Waals surface area contributed by atoms with Crippen LogP contribution in [0.2, 0.25) is 0 Å². The average Bonchev–Trinajstić information content (AvgIpc) is 3.81. The molecule has 10 aliphatic heterocycles. The Morgan fingerprint density at radius 1 is 0.750 bits per heavy atom. The van der Waals surface area contributed by atoms with Crippen molar-refractivity contribution in [1.29, 1.82) is 0 Å². The summed E-state index contributed by atoms with van der Waals surface area (Å²) in [6.45, 7) is 3.72. The zero-order chi connectivity index (χ0) is 36.5. The van der Waals surface area contributed by atoms with Crippen LogP contribution in [0.4, 0.5) is 16.2 Å². The summed E-state index contributed by atoms with van der Waals surface area (Å²) in [5.41, 5.74) is -0.982. The van der Waals surface area contributed by atoms with Crippen LogP contribution in [-0.4, -0.2) is 120 Å². The van der Waals surface area contributed by atoms with E-state index >= 15 is 14.4 Å². The molecule has 0 aromatic heterocycles. The highest BCUT2D eigenvalue weighted by Crippen LogP contribution is 2.79. The van der Waals surface area contributed by atoms with E-state index in [0.717, 1.165) is 0 Å². The normalized spacial score (nSPS) is 42.7. The van der Waals surface area contributed by atoms with Gasteiger partial charge in [-0.25, -0.2) is 4.79 Å². The van der Waals surface area contributed by atoms with Crippen LogP contribution in [0.3, 0.4) is 0 Å². The molecule has 4 bridgehead atoms. The highest BCUT2D eigenvalue weighted by Gasteiger charge is 2.94. The first-order valence-electron chi connectivity index (χ1n) is 17.2. The SMILES string of the molecule is CC[C@@]12SS[C@]3(C(=O)N1C)[C@@H](O)[C@]1([C@@]45c6ccccc6N[C@@H]4N4C(=O)[C@]6(CC)SS[C@]4(C(=O)N6C)[C@H]5OC(=O)NC)c4ccccc4N[C@@H]1N3C2=O. The number of hydrogen-bond donors (Lipinski definition) is 4. The summed E-state index contributed by atoms with van der Waals surface area (Å²) >= 11 is 0. The second kappa shape index (κ2) is 9.99. The van der Waals surface area contributed by atoms with Crippen molar-refractivity contribution >= 4 is 84.3 Å².